The first-order valence-corrected chi connectivity index (χ1v) is 8.32. The Labute approximate surface area is 160 Å². The van der Waals surface area contributed by atoms with Gasteiger partial charge in [-0.3, -0.25) is 0 Å². The van der Waals surface area contributed by atoms with E-state index in [1.54, 1.807) is 24.3 Å². The van der Waals surface area contributed by atoms with Crippen molar-refractivity contribution < 1.29 is 26.3 Å². The number of imidazole rings is 1. The van der Waals surface area contributed by atoms with Crippen molar-refractivity contribution in [3.63, 3.8) is 0 Å². The van der Waals surface area contributed by atoms with Crippen molar-refractivity contribution in [3.05, 3.63) is 66.1 Å². The first-order valence-electron chi connectivity index (χ1n) is 8.32. The number of aryl methyl sites for hydroxylation is 1. The van der Waals surface area contributed by atoms with E-state index < -0.39 is 23.6 Å². The van der Waals surface area contributed by atoms with E-state index in [1.807, 2.05) is 0 Å². The molecule has 29 heavy (non-hydrogen) atoms. The van der Waals surface area contributed by atoms with Crippen LogP contribution in [0.25, 0.3) is 28.2 Å². The molecule has 4 nitrogen and oxygen atoms in total. The van der Waals surface area contributed by atoms with E-state index in [9.17, 15) is 26.3 Å². The van der Waals surface area contributed by atoms with Crippen LogP contribution < -0.4 is 0 Å². The molecule has 10 heteroatoms. The largest absolute Gasteiger partial charge is 0.459 e. The molecule has 0 radical (unpaired) electrons. The van der Waals surface area contributed by atoms with Gasteiger partial charge in [0, 0.05) is 12.6 Å². The average molecular weight is 410 g/mol. The van der Waals surface area contributed by atoms with Gasteiger partial charge in [-0.05, 0) is 42.5 Å². The lowest BCUT2D eigenvalue weighted by Gasteiger charge is -2.20. The van der Waals surface area contributed by atoms with Crippen LogP contribution in [0.5, 0.6) is 0 Å². The second kappa shape index (κ2) is 6.36. The maximum Gasteiger partial charge on any atom is 0.459 e. The molecular weight excluding hydrogens is 398 g/mol. The summed E-state index contributed by atoms with van der Waals surface area (Å²) in [6.07, 6.45) is -5.84. The van der Waals surface area contributed by atoms with Crippen molar-refractivity contribution in [1.29, 1.82) is 0 Å². The summed E-state index contributed by atoms with van der Waals surface area (Å²) < 4.78 is 83.0. The number of aromatic nitrogens is 4. The molecule has 0 saturated heterocycles. The molecule has 0 bridgehead atoms. The predicted molar refractivity (Wildman–Crippen MR) is 93.2 cm³/mol. The summed E-state index contributed by atoms with van der Waals surface area (Å²) in [5.74, 6) is -5.97. The van der Waals surface area contributed by atoms with Crippen molar-refractivity contribution >= 4 is 11.0 Å². The first kappa shape index (κ1) is 19.0. The second-order valence-electron chi connectivity index (χ2n) is 6.37. The first-order chi connectivity index (χ1) is 13.6. The van der Waals surface area contributed by atoms with E-state index in [0.29, 0.717) is 21.8 Å². The summed E-state index contributed by atoms with van der Waals surface area (Å²) in [4.78, 5) is 4.16. The Kier molecular flexibility index (Phi) is 4.18. The summed E-state index contributed by atoms with van der Waals surface area (Å²) in [5, 5.41) is 3.95. The van der Waals surface area contributed by atoms with Crippen LogP contribution in [0.15, 0.2) is 54.6 Å². The van der Waals surface area contributed by atoms with Crippen LogP contribution in [-0.4, -0.2) is 25.5 Å². The van der Waals surface area contributed by atoms with E-state index in [0.717, 1.165) is 12.1 Å². The molecule has 0 aliphatic rings. The Balaban J connectivity index is 1.98. The molecule has 4 aromatic rings. The van der Waals surface area contributed by atoms with Gasteiger partial charge in [-0.1, -0.05) is 12.1 Å². The fraction of sp³-hybridized carbons (Fsp3) is 0.158. The zero-order valence-electron chi connectivity index (χ0n) is 14.8. The minimum absolute atomic E-state index is 0.170. The van der Waals surface area contributed by atoms with Gasteiger partial charge in [0.1, 0.15) is 11.5 Å². The Morgan fingerprint density at radius 3 is 2.17 bits per heavy atom. The Morgan fingerprint density at radius 1 is 0.897 bits per heavy atom. The molecular formula is C19H12F6N4. The third-order valence-corrected chi connectivity index (χ3v) is 4.48. The third-order valence-electron chi connectivity index (χ3n) is 4.48. The highest BCUT2D eigenvalue weighted by Gasteiger charge is 2.61. The lowest BCUT2D eigenvalue weighted by molar-refractivity contribution is -0.291. The Morgan fingerprint density at radius 2 is 1.55 bits per heavy atom. The molecule has 0 saturated carbocycles. The van der Waals surface area contributed by atoms with Crippen LogP contribution in [0.4, 0.5) is 26.3 Å². The van der Waals surface area contributed by atoms with E-state index in [2.05, 4.69) is 10.1 Å². The molecule has 2 aromatic heterocycles. The van der Waals surface area contributed by atoms with Gasteiger partial charge >= 0.3 is 12.1 Å². The molecule has 0 atom stereocenters. The minimum atomic E-state index is -5.84. The lowest BCUT2D eigenvalue weighted by atomic mass is 10.1. The highest BCUT2D eigenvalue weighted by Crippen LogP contribution is 2.45. The van der Waals surface area contributed by atoms with Crippen LogP contribution in [0.3, 0.4) is 0 Å². The zero-order chi connectivity index (χ0) is 21.0. The van der Waals surface area contributed by atoms with Crippen molar-refractivity contribution in [3.8, 4) is 17.2 Å². The summed E-state index contributed by atoms with van der Waals surface area (Å²) >= 11 is 0. The van der Waals surface area contributed by atoms with Gasteiger partial charge in [-0.25, -0.2) is 9.37 Å². The SMILES string of the molecule is Cn1c(-n2nc(-c3ccc(F)cc3)cc2C(F)(F)C(F)(F)F)nc2ccccc21. The molecule has 0 unspecified atom stereocenters. The molecule has 0 aliphatic carbocycles. The molecule has 2 heterocycles. The molecule has 0 aliphatic heterocycles. The predicted octanol–water partition coefficient (Wildman–Crippen LogP) is 5.22. The van der Waals surface area contributed by atoms with Crippen LogP contribution in [0.2, 0.25) is 0 Å². The van der Waals surface area contributed by atoms with Gasteiger partial charge in [-0.15, -0.1) is 0 Å². The minimum Gasteiger partial charge on any atom is -0.311 e. The maximum absolute atomic E-state index is 14.3. The maximum atomic E-state index is 14.3. The van der Waals surface area contributed by atoms with Crippen molar-refractivity contribution in [1.82, 2.24) is 19.3 Å². The number of halogens is 6. The standard InChI is InChI=1S/C19H12F6N4/c1-28-15-5-3-2-4-13(15)26-17(28)29-16(18(21,22)19(23,24)25)10-14(27-29)11-6-8-12(20)9-7-11/h2-10H,1H3. The Hall–Kier alpha value is -3.30. The van der Waals surface area contributed by atoms with Gasteiger partial charge in [0.15, 0.2) is 0 Å². The molecule has 0 spiro atoms. The number of benzene rings is 2. The van der Waals surface area contributed by atoms with E-state index in [4.69, 9.17) is 0 Å². The number of fused-ring (bicyclic) bond motifs is 1. The smallest absolute Gasteiger partial charge is 0.311 e. The number of para-hydroxylation sites is 2. The summed E-state index contributed by atoms with van der Waals surface area (Å²) in [5.41, 5.74) is -0.436. The van der Waals surface area contributed by atoms with Crippen molar-refractivity contribution in [2.75, 3.05) is 0 Å². The Bertz CT molecular complexity index is 1190. The fourth-order valence-corrected chi connectivity index (χ4v) is 2.99. The van der Waals surface area contributed by atoms with Gasteiger partial charge in [0.05, 0.1) is 16.7 Å². The van der Waals surface area contributed by atoms with Crippen LogP contribution >= 0.6 is 0 Å². The number of hydrogen-bond donors (Lipinski definition) is 0. The molecule has 0 fully saturated rings. The van der Waals surface area contributed by atoms with Gasteiger partial charge in [0.25, 0.3) is 0 Å². The summed E-state index contributed by atoms with van der Waals surface area (Å²) in [6.45, 7) is 0. The quantitative estimate of drug-likeness (QED) is 0.434. The van der Waals surface area contributed by atoms with E-state index >= 15 is 0 Å². The lowest BCUT2D eigenvalue weighted by Crippen LogP contribution is -2.36. The summed E-state index contributed by atoms with van der Waals surface area (Å²) in [7, 11) is 1.49. The third kappa shape index (κ3) is 3.04. The number of hydrogen-bond acceptors (Lipinski definition) is 2. The molecule has 0 N–H and O–H groups in total. The molecule has 4 rings (SSSR count). The number of rotatable bonds is 3. The van der Waals surface area contributed by atoms with Crippen LogP contribution in [0.1, 0.15) is 5.69 Å². The van der Waals surface area contributed by atoms with E-state index in [1.165, 1.54) is 23.7 Å². The van der Waals surface area contributed by atoms with Crippen molar-refractivity contribution in [2.45, 2.75) is 12.1 Å². The van der Waals surface area contributed by atoms with Gasteiger partial charge in [0.2, 0.25) is 5.95 Å². The highest BCUT2D eigenvalue weighted by atomic mass is 19.4. The highest BCUT2D eigenvalue weighted by molar-refractivity contribution is 5.77. The van der Waals surface area contributed by atoms with Crippen LogP contribution in [0, 0.1) is 5.82 Å². The average Bonchev–Trinajstić information content (AvgIpc) is 3.24. The second-order valence-corrected chi connectivity index (χ2v) is 6.37. The van der Waals surface area contributed by atoms with Gasteiger partial charge < -0.3 is 4.57 Å². The zero-order valence-corrected chi connectivity index (χ0v) is 14.8. The topological polar surface area (TPSA) is 35.6 Å². The molecule has 0 amide bonds. The monoisotopic (exact) mass is 410 g/mol. The van der Waals surface area contributed by atoms with E-state index in [-0.39, 0.29) is 17.2 Å². The molecule has 2 aromatic carbocycles. The summed E-state index contributed by atoms with van der Waals surface area (Å²) in [6, 6.07) is 11.8. The van der Waals surface area contributed by atoms with Gasteiger partial charge in [-0.2, -0.15) is 31.7 Å². The molecule has 150 valence electrons. The van der Waals surface area contributed by atoms with Crippen LogP contribution in [-0.2, 0) is 13.0 Å². The normalized spacial score (nSPS) is 12.7. The number of nitrogens with zero attached hydrogens (tertiary/aromatic N) is 4. The fourth-order valence-electron chi connectivity index (χ4n) is 2.99. The number of alkyl halides is 5. The van der Waals surface area contributed by atoms with Crippen molar-refractivity contribution in [2.24, 2.45) is 7.05 Å².